The molecule has 0 fully saturated rings. The summed E-state index contributed by atoms with van der Waals surface area (Å²) in [5.74, 6) is -1.41. The third-order valence-electron chi connectivity index (χ3n) is 2.15. The van der Waals surface area contributed by atoms with Gasteiger partial charge in [0.05, 0.1) is 6.10 Å². The van der Waals surface area contributed by atoms with Crippen molar-refractivity contribution in [2.24, 2.45) is 5.73 Å². The molecule has 0 spiro atoms. The lowest BCUT2D eigenvalue weighted by atomic mass is 10.1. The van der Waals surface area contributed by atoms with Crippen molar-refractivity contribution in [3.8, 4) is 0 Å². The van der Waals surface area contributed by atoms with E-state index in [9.17, 15) is 14.7 Å². The van der Waals surface area contributed by atoms with Crippen LogP contribution in [0.15, 0.2) is 0 Å². The average Bonchev–Trinajstić information content (AvgIpc) is 2.14. The number of likely N-dealkylation sites (N-methyl/N-ethyl adjacent to an activating group) is 2. The Morgan fingerprint density at radius 1 is 1.44 bits per heavy atom. The van der Waals surface area contributed by atoms with Crippen molar-refractivity contribution in [3.63, 3.8) is 0 Å². The summed E-state index contributed by atoms with van der Waals surface area (Å²) in [4.78, 5) is 21.8. The quantitative estimate of drug-likeness (QED) is 0.296. The van der Waals surface area contributed by atoms with Gasteiger partial charge in [-0.05, 0) is 13.5 Å². The van der Waals surface area contributed by atoms with Crippen LogP contribution in [0.3, 0.4) is 0 Å². The van der Waals surface area contributed by atoms with Crippen LogP contribution in [-0.2, 0) is 9.59 Å². The molecule has 0 aromatic rings. The molecule has 0 heterocycles. The smallest absolute Gasteiger partial charge is 0.319 e. The van der Waals surface area contributed by atoms with Crippen LogP contribution >= 0.6 is 0 Å². The molecule has 1 amide bonds. The Balaban J connectivity index is 3.89. The van der Waals surface area contributed by atoms with Crippen LogP contribution in [0.25, 0.3) is 0 Å². The van der Waals surface area contributed by atoms with Gasteiger partial charge in [-0.3, -0.25) is 15.0 Å². The summed E-state index contributed by atoms with van der Waals surface area (Å²) in [6.45, 7) is 0.123. The number of hydrogen-bond acceptors (Lipinski definition) is 6. The van der Waals surface area contributed by atoms with Gasteiger partial charge >= 0.3 is 5.97 Å². The molecule has 8 heteroatoms. The molecule has 0 saturated carbocycles. The van der Waals surface area contributed by atoms with E-state index >= 15 is 0 Å². The molecule has 0 rings (SSSR count). The molecule has 1 unspecified atom stereocenters. The highest BCUT2D eigenvalue weighted by atomic mass is 16.4. The molecule has 0 aliphatic heterocycles. The van der Waals surface area contributed by atoms with Crippen molar-refractivity contribution in [2.45, 2.75) is 25.0 Å². The second kappa shape index (κ2) is 8.81. The maximum atomic E-state index is 11.5. The van der Waals surface area contributed by atoms with E-state index < -0.39 is 18.1 Å². The molecule has 0 aromatic carbocycles. The Hall–Kier alpha value is -1.22. The number of aliphatic hydroxyl groups excluding tert-OH is 1. The number of aliphatic hydroxyl groups is 1. The average molecular weight is 262 g/mol. The Morgan fingerprint density at radius 3 is 2.56 bits per heavy atom. The number of hydrazine groups is 1. The molecule has 0 bridgehead atoms. The van der Waals surface area contributed by atoms with Gasteiger partial charge in [0, 0.05) is 26.1 Å². The summed E-state index contributed by atoms with van der Waals surface area (Å²) < 4.78 is 0. The highest BCUT2D eigenvalue weighted by Gasteiger charge is 2.15. The molecule has 0 radical (unpaired) electrons. The van der Waals surface area contributed by atoms with Gasteiger partial charge < -0.3 is 21.3 Å². The fourth-order valence-electron chi connectivity index (χ4n) is 1.49. The first-order chi connectivity index (χ1) is 8.35. The number of nitrogens with two attached hydrogens (primary N) is 1. The summed E-state index contributed by atoms with van der Waals surface area (Å²) >= 11 is 0. The van der Waals surface area contributed by atoms with Crippen LogP contribution < -0.4 is 16.5 Å². The third kappa shape index (κ3) is 8.88. The number of carboxylic acids is 1. The maximum Gasteiger partial charge on any atom is 0.319 e. The van der Waals surface area contributed by atoms with Gasteiger partial charge in [0.1, 0.15) is 6.54 Å². The minimum Gasteiger partial charge on any atom is -0.480 e. The summed E-state index contributed by atoms with van der Waals surface area (Å²) in [5, 5.41) is 21.9. The van der Waals surface area contributed by atoms with E-state index in [4.69, 9.17) is 10.8 Å². The number of nitrogens with one attached hydrogen (secondary N) is 2. The lowest BCUT2D eigenvalue weighted by Crippen LogP contribution is -2.44. The van der Waals surface area contributed by atoms with E-state index in [-0.39, 0.29) is 18.9 Å². The standard InChI is InChI=1S/C10H22N4O4/c1-12-5-8(15)3-7(11)4-9(16)13-14(2)6-10(17)18/h7-8,12,15H,3-6,11H2,1-2H3,(H,13,16)(H,17,18)/t7-,8?/m1/s1. The first-order valence-corrected chi connectivity index (χ1v) is 5.65. The SMILES string of the molecule is CNCC(O)C[C@@H](N)CC(=O)NN(C)CC(=O)O. The van der Waals surface area contributed by atoms with Crippen molar-refractivity contribution >= 4 is 11.9 Å². The van der Waals surface area contributed by atoms with Crippen molar-refractivity contribution in [1.82, 2.24) is 15.8 Å². The van der Waals surface area contributed by atoms with Crippen LogP contribution in [0, 0.1) is 0 Å². The van der Waals surface area contributed by atoms with E-state index in [0.717, 1.165) is 0 Å². The molecule has 106 valence electrons. The fraction of sp³-hybridized carbons (Fsp3) is 0.800. The summed E-state index contributed by atoms with van der Waals surface area (Å²) in [6, 6.07) is -0.466. The van der Waals surface area contributed by atoms with E-state index in [0.29, 0.717) is 13.0 Å². The maximum absolute atomic E-state index is 11.5. The second-order valence-corrected chi connectivity index (χ2v) is 4.20. The zero-order chi connectivity index (χ0) is 14.1. The molecule has 8 nitrogen and oxygen atoms in total. The van der Waals surface area contributed by atoms with Crippen LogP contribution in [0.2, 0.25) is 0 Å². The Labute approximate surface area is 106 Å². The van der Waals surface area contributed by atoms with Gasteiger partial charge in [0.2, 0.25) is 5.91 Å². The Kier molecular flexibility index (Phi) is 8.21. The molecule has 18 heavy (non-hydrogen) atoms. The molecule has 2 atom stereocenters. The lowest BCUT2D eigenvalue weighted by Gasteiger charge is -2.19. The molecule has 0 aromatic heterocycles. The van der Waals surface area contributed by atoms with Gasteiger partial charge in [-0.2, -0.15) is 0 Å². The normalized spacial score (nSPS) is 14.3. The Bertz CT molecular complexity index is 275. The van der Waals surface area contributed by atoms with Crippen LogP contribution in [0.1, 0.15) is 12.8 Å². The summed E-state index contributed by atoms with van der Waals surface area (Å²) in [6.07, 6.45) is -0.267. The highest BCUT2D eigenvalue weighted by molar-refractivity contribution is 5.76. The number of rotatable bonds is 9. The van der Waals surface area contributed by atoms with Crippen molar-refractivity contribution in [1.29, 1.82) is 0 Å². The van der Waals surface area contributed by atoms with E-state index in [2.05, 4.69) is 10.7 Å². The molecule has 0 aliphatic rings. The van der Waals surface area contributed by atoms with E-state index in [1.54, 1.807) is 7.05 Å². The van der Waals surface area contributed by atoms with Gasteiger partial charge in [-0.25, -0.2) is 5.01 Å². The Morgan fingerprint density at radius 2 is 2.06 bits per heavy atom. The predicted octanol–water partition coefficient (Wildman–Crippen LogP) is -2.28. The number of carboxylic acid groups (broad SMARTS) is 1. The summed E-state index contributed by atoms with van der Waals surface area (Å²) in [5.41, 5.74) is 8.08. The number of amides is 1. The first kappa shape index (κ1) is 16.8. The van der Waals surface area contributed by atoms with Crippen LogP contribution in [-0.4, -0.2) is 66.4 Å². The van der Waals surface area contributed by atoms with Crippen molar-refractivity contribution < 1.29 is 19.8 Å². The largest absolute Gasteiger partial charge is 0.480 e. The highest BCUT2D eigenvalue weighted by Crippen LogP contribution is 1.99. The zero-order valence-corrected chi connectivity index (χ0v) is 10.7. The topological polar surface area (TPSA) is 128 Å². The third-order valence-corrected chi connectivity index (χ3v) is 2.15. The first-order valence-electron chi connectivity index (χ1n) is 5.65. The minimum atomic E-state index is -1.04. The predicted molar refractivity (Wildman–Crippen MR) is 65.6 cm³/mol. The van der Waals surface area contributed by atoms with Crippen molar-refractivity contribution in [2.75, 3.05) is 27.2 Å². The van der Waals surface area contributed by atoms with Crippen molar-refractivity contribution in [3.05, 3.63) is 0 Å². The van der Waals surface area contributed by atoms with Crippen LogP contribution in [0.5, 0.6) is 0 Å². The molecular formula is C10H22N4O4. The van der Waals surface area contributed by atoms with Gasteiger partial charge in [0.15, 0.2) is 0 Å². The van der Waals surface area contributed by atoms with Crippen LogP contribution in [0.4, 0.5) is 0 Å². The number of hydrogen-bond donors (Lipinski definition) is 5. The van der Waals surface area contributed by atoms with Gasteiger partial charge in [0.25, 0.3) is 0 Å². The van der Waals surface area contributed by atoms with Gasteiger partial charge in [-0.15, -0.1) is 0 Å². The number of carbonyl (C=O) groups is 2. The zero-order valence-electron chi connectivity index (χ0n) is 10.7. The molecular weight excluding hydrogens is 240 g/mol. The molecule has 0 aliphatic carbocycles. The second-order valence-electron chi connectivity index (χ2n) is 4.20. The van der Waals surface area contributed by atoms with Gasteiger partial charge in [-0.1, -0.05) is 0 Å². The van der Waals surface area contributed by atoms with E-state index in [1.165, 1.54) is 12.1 Å². The number of carbonyl (C=O) groups excluding carboxylic acids is 1. The monoisotopic (exact) mass is 262 g/mol. The fourth-order valence-corrected chi connectivity index (χ4v) is 1.49. The number of aliphatic carboxylic acids is 1. The molecule has 0 saturated heterocycles. The summed E-state index contributed by atoms with van der Waals surface area (Å²) in [7, 11) is 3.16. The minimum absolute atomic E-state index is 0.0325. The molecule has 6 N–H and O–H groups in total. The number of nitrogens with zero attached hydrogens (tertiary/aromatic N) is 1. The lowest BCUT2D eigenvalue weighted by molar-refractivity contribution is -0.139. The van der Waals surface area contributed by atoms with E-state index in [1.807, 2.05) is 0 Å².